The third kappa shape index (κ3) is 3.55. The Balaban J connectivity index is 1.51. The minimum atomic E-state index is 0.0654. The molecule has 0 bridgehead atoms. The number of carbonyl (C=O) groups excluding carboxylic acids is 2. The van der Waals surface area contributed by atoms with E-state index in [9.17, 15) is 9.59 Å². The van der Waals surface area contributed by atoms with Crippen molar-refractivity contribution in [2.75, 3.05) is 26.2 Å². The fourth-order valence-electron chi connectivity index (χ4n) is 5.51. The van der Waals surface area contributed by atoms with Crippen LogP contribution in [0.1, 0.15) is 72.7 Å². The van der Waals surface area contributed by atoms with Crippen LogP contribution in [0.2, 0.25) is 0 Å². The Bertz CT molecular complexity index is 920. The van der Waals surface area contributed by atoms with E-state index < -0.39 is 0 Å². The van der Waals surface area contributed by atoms with Gasteiger partial charge >= 0.3 is 0 Å². The second-order valence-corrected chi connectivity index (χ2v) is 8.72. The molecule has 160 valence electrons. The molecule has 4 rings (SSSR count). The lowest BCUT2D eigenvalue weighted by atomic mass is 9.73. The van der Waals surface area contributed by atoms with Crippen LogP contribution in [0.4, 0.5) is 0 Å². The van der Waals surface area contributed by atoms with Gasteiger partial charge in [0.1, 0.15) is 5.76 Å². The Morgan fingerprint density at radius 1 is 1.13 bits per heavy atom. The van der Waals surface area contributed by atoms with Crippen LogP contribution in [0.15, 0.2) is 41.0 Å². The van der Waals surface area contributed by atoms with Gasteiger partial charge in [-0.05, 0) is 68.6 Å². The summed E-state index contributed by atoms with van der Waals surface area (Å²) in [5.41, 5.74) is 3.48. The predicted octanol–water partition coefficient (Wildman–Crippen LogP) is 4.51. The number of rotatable bonds is 5. The van der Waals surface area contributed by atoms with Crippen molar-refractivity contribution >= 4 is 11.8 Å². The predicted molar refractivity (Wildman–Crippen MR) is 117 cm³/mol. The molecule has 0 saturated carbocycles. The maximum atomic E-state index is 12.9. The quantitative estimate of drug-likeness (QED) is 0.732. The van der Waals surface area contributed by atoms with Crippen molar-refractivity contribution < 1.29 is 14.0 Å². The van der Waals surface area contributed by atoms with E-state index in [0.717, 1.165) is 45.4 Å². The maximum absolute atomic E-state index is 12.9. The summed E-state index contributed by atoms with van der Waals surface area (Å²) in [6.07, 6.45) is 5.06. The molecule has 0 N–H and O–H groups in total. The van der Waals surface area contributed by atoms with Gasteiger partial charge in [-0.15, -0.1) is 0 Å². The first-order valence-corrected chi connectivity index (χ1v) is 11.2. The lowest BCUT2D eigenvalue weighted by Crippen LogP contribution is -2.44. The molecule has 30 heavy (non-hydrogen) atoms. The molecule has 1 aromatic heterocycles. The third-order valence-corrected chi connectivity index (χ3v) is 7.24. The van der Waals surface area contributed by atoms with Crippen LogP contribution in [0.25, 0.3) is 0 Å². The van der Waals surface area contributed by atoms with Crippen LogP contribution in [0.3, 0.4) is 0 Å². The summed E-state index contributed by atoms with van der Waals surface area (Å²) >= 11 is 0. The number of likely N-dealkylation sites (tertiary alicyclic amines) is 1. The number of piperidine rings is 1. The number of fused-ring (bicyclic) bond motifs is 2. The smallest absolute Gasteiger partial charge is 0.257 e. The molecule has 1 aromatic carbocycles. The Morgan fingerprint density at radius 3 is 2.47 bits per heavy atom. The second-order valence-electron chi connectivity index (χ2n) is 8.72. The zero-order valence-corrected chi connectivity index (χ0v) is 18.3. The first-order valence-electron chi connectivity index (χ1n) is 11.2. The van der Waals surface area contributed by atoms with E-state index >= 15 is 0 Å². The van der Waals surface area contributed by atoms with Gasteiger partial charge in [0.05, 0.1) is 11.8 Å². The second kappa shape index (κ2) is 8.29. The van der Waals surface area contributed by atoms with Gasteiger partial charge in [0.25, 0.3) is 5.91 Å². The summed E-state index contributed by atoms with van der Waals surface area (Å²) in [5, 5.41) is 0. The number of amides is 2. The number of nitrogens with zero attached hydrogens (tertiary/aromatic N) is 2. The summed E-state index contributed by atoms with van der Waals surface area (Å²) < 4.78 is 5.32. The van der Waals surface area contributed by atoms with E-state index in [-0.39, 0.29) is 23.1 Å². The van der Waals surface area contributed by atoms with E-state index in [2.05, 4.69) is 24.3 Å². The van der Waals surface area contributed by atoms with Crippen LogP contribution < -0.4 is 0 Å². The number of carbonyl (C=O) groups is 2. The van der Waals surface area contributed by atoms with Gasteiger partial charge in [-0.2, -0.15) is 0 Å². The number of hydrogen-bond donors (Lipinski definition) is 0. The SMILES string of the molecule is CCN(CC)C(=O)CC1CC2(CCN(C(=O)c3ccoc3C)CC2)c2ccccc21. The summed E-state index contributed by atoms with van der Waals surface area (Å²) in [5.74, 6) is 1.27. The van der Waals surface area contributed by atoms with Crippen LogP contribution in [0, 0.1) is 6.92 Å². The monoisotopic (exact) mass is 408 g/mol. The first-order chi connectivity index (χ1) is 14.5. The highest BCUT2D eigenvalue weighted by atomic mass is 16.3. The van der Waals surface area contributed by atoms with Crippen molar-refractivity contribution in [2.45, 2.75) is 57.8 Å². The molecule has 1 saturated heterocycles. The molecule has 1 unspecified atom stereocenters. The first kappa shape index (κ1) is 20.7. The third-order valence-electron chi connectivity index (χ3n) is 7.24. The minimum absolute atomic E-state index is 0.0654. The molecule has 1 aliphatic carbocycles. The molecule has 2 aliphatic rings. The van der Waals surface area contributed by atoms with E-state index in [1.165, 1.54) is 11.1 Å². The highest BCUT2D eigenvalue weighted by Crippen LogP contribution is 2.52. The molecule has 1 aliphatic heterocycles. The van der Waals surface area contributed by atoms with E-state index in [0.29, 0.717) is 17.7 Å². The van der Waals surface area contributed by atoms with Crippen molar-refractivity contribution in [3.8, 4) is 0 Å². The summed E-state index contributed by atoms with van der Waals surface area (Å²) in [6, 6.07) is 10.4. The molecule has 1 fully saturated rings. The summed E-state index contributed by atoms with van der Waals surface area (Å²) in [7, 11) is 0. The normalized spacial score (nSPS) is 19.7. The van der Waals surface area contributed by atoms with Gasteiger partial charge in [-0.3, -0.25) is 9.59 Å². The molecule has 1 spiro atoms. The minimum Gasteiger partial charge on any atom is -0.469 e. The van der Waals surface area contributed by atoms with Gasteiger partial charge < -0.3 is 14.2 Å². The maximum Gasteiger partial charge on any atom is 0.257 e. The van der Waals surface area contributed by atoms with Gasteiger partial charge in [0, 0.05) is 32.6 Å². The van der Waals surface area contributed by atoms with Crippen LogP contribution >= 0.6 is 0 Å². The Labute approximate surface area is 179 Å². The summed E-state index contributed by atoms with van der Waals surface area (Å²) in [6.45, 7) is 8.94. The van der Waals surface area contributed by atoms with Crippen molar-refractivity contribution in [1.82, 2.24) is 9.80 Å². The molecule has 2 amide bonds. The fraction of sp³-hybridized carbons (Fsp3) is 0.520. The van der Waals surface area contributed by atoms with Crippen LogP contribution in [0.5, 0.6) is 0 Å². The van der Waals surface area contributed by atoms with Crippen LogP contribution in [-0.2, 0) is 10.2 Å². The lowest BCUT2D eigenvalue weighted by molar-refractivity contribution is -0.131. The van der Waals surface area contributed by atoms with Gasteiger partial charge in [-0.1, -0.05) is 24.3 Å². The molecule has 2 heterocycles. The Hall–Kier alpha value is -2.56. The molecule has 5 nitrogen and oxygen atoms in total. The average Bonchev–Trinajstić information content (AvgIpc) is 3.31. The molecule has 0 radical (unpaired) electrons. The fourth-order valence-corrected chi connectivity index (χ4v) is 5.51. The lowest BCUT2D eigenvalue weighted by Gasteiger charge is -2.40. The molecule has 2 aromatic rings. The standard InChI is InChI=1S/C25H32N2O3/c1-4-26(5-2)23(28)16-19-17-25(22-9-7-6-8-21(19)22)11-13-27(14-12-25)24(29)20-10-15-30-18(20)3/h6-10,15,19H,4-5,11-14,16-17H2,1-3H3. The highest BCUT2D eigenvalue weighted by Gasteiger charge is 2.46. The van der Waals surface area contributed by atoms with Crippen molar-refractivity contribution in [3.05, 3.63) is 59.0 Å². The zero-order chi connectivity index (χ0) is 21.3. The summed E-state index contributed by atoms with van der Waals surface area (Å²) in [4.78, 5) is 29.6. The van der Waals surface area contributed by atoms with Crippen molar-refractivity contribution in [1.29, 1.82) is 0 Å². The van der Waals surface area contributed by atoms with Crippen molar-refractivity contribution in [2.24, 2.45) is 0 Å². The van der Waals surface area contributed by atoms with E-state index in [4.69, 9.17) is 4.42 Å². The number of hydrogen-bond acceptors (Lipinski definition) is 3. The Morgan fingerprint density at radius 2 is 1.83 bits per heavy atom. The highest BCUT2D eigenvalue weighted by molar-refractivity contribution is 5.95. The molecular weight excluding hydrogens is 376 g/mol. The average molecular weight is 409 g/mol. The number of furan rings is 1. The van der Waals surface area contributed by atoms with E-state index in [1.54, 1.807) is 12.3 Å². The molecule has 5 heteroatoms. The van der Waals surface area contributed by atoms with Gasteiger partial charge in [0.15, 0.2) is 0 Å². The van der Waals surface area contributed by atoms with Crippen molar-refractivity contribution in [3.63, 3.8) is 0 Å². The number of benzene rings is 1. The van der Waals surface area contributed by atoms with E-state index in [1.807, 2.05) is 30.6 Å². The Kier molecular flexibility index (Phi) is 5.72. The molecule has 1 atom stereocenters. The zero-order valence-electron chi connectivity index (χ0n) is 18.3. The number of aryl methyl sites for hydroxylation is 1. The molecular formula is C25H32N2O3. The van der Waals surface area contributed by atoms with Crippen LogP contribution in [-0.4, -0.2) is 47.8 Å². The largest absolute Gasteiger partial charge is 0.469 e. The van der Waals surface area contributed by atoms with Gasteiger partial charge in [0.2, 0.25) is 5.91 Å². The van der Waals surface area contributed by atoms with Gasteiger partial charge in [-0.25, -0.2) is 0 Å². The topological polar surface area (TPSA) is 53.8 Å².